The first-order chi connectivity index (χ1) is 10.7. The molecule has 0 saturated carbocycles. The Morgan fingerprint density at radius 1 is 1.41 bits per heavy atom. The second-order valence-corrected chi connectivity index (χ2v) is 6.37. The first-order valence-electron chi connectivity index (χ1n) is 7.69. The summed E-state index contributed by atoms with van der Waals surface area (Å²) in [6.07, 6.45) is 2.80. The second-order valence-electron chi connectivity index (χ2n) is 5.43. The predicted octanol–water partition coefficient (Wildman–Crippen LogP) is 3.50. The van der Waals surface area contributed by atoms with Crippen molar-refractivity contribution in [3.05, 3.63) is 29.5 Å². The zero-order valence-electron chi connectivity index (χ0n) is 13.4. The highest BCUT2D eigenvalue weighted by molar-refractivity contribution is 7.13. The largest absolute Gasteiger partial charge is 0.443 e. The summed E-state index contributed by atoms with van der Waals surface area (Å²) in [6.45, 7) is 8.76. The molecule has 6 heteroatoms. The number of nitrogens with one attached hydrogen (secondary N) is 2. The molecule has 2 heterocycles. The molecule has 0 atom stereocenters. The van der Waals surface area contributed by atoms with E-state index in [0.717, 1.165) is 36.0 Å². The van der Waals surface area contributed by atoms with Gasteiger partial charge in [0, 0.05) is 13.1 Å². The zero-order chi connectivity index (χ0) is 15.8. The van der Waals surface area contributed by atoms with Crippen molar-refractivity contribution in [2.24, 2.45) is 10.9 Å². The van der Waals surface area contributed by atoms with Gasteiger partial charge in [0.2, 0.25) is 5.89 Å². The molecule has 5 nitrogen and oxygen atoms in total. The van der Waals surface area contributed by atoms with E-state index >= 15 is 0 Å². The van der Waals surface area contributed by atoms with Gasteiger partial charge in [0.05, 0.1) is 11.4 Å². The molecule has 0 aliphatic rings. The second kappa shape index (κ2) is 8.58. The molecule has 2 rings (SSSR count). The van der Waals surface area contributed by atoms with Crippen molar-refractivity contribution in [1.82, 2.24) is 15.6 Å². The molecular formula is C16H24N4OS. The van der Waals surface area contributed by atoms with Crippen LogP contribution in [0, 0.1) is 5.92 Å². The summed E-state index contributed by atoms with van der Waals surface area (Å²) in [5, 5.41) is 8.60. The molecule has 0 unspecified atom stereocenters. The number of aliphatic imine (C=N–C) groups is 1. The van der Waals surface area contributed by atoms with E-state index in [9.17, 15) is 0 Å². The summed E-state index contributed by atoms with van der Waals surface area (Å²) in [6, 6.07) is 3.99. The molecule has 0 fully saturated rings. The third-order valence-electron chi connectivity index (χ3n) is 3.04. The lowest BCUT2D eigenvalue weighted by molar-refractivity contribution is 0.572. The number of nitrogens with zero attached hydrogens (tertiary/aromatic N) is 2. The SMILES string of the molecule is CCNC(=NCc1coc(-c2cccs2)n1)NCCC(C)C. The van der Waals surface area contributed by atoms with Gasteiger partial charge in [0.15, 0.2) is 5.96 Å². The van der Waals surface area contributed by atoms with Crippen LogP contribution in [-0.2, 0) is 6.54 Å². The van der Waals surface area contributed by atoms with E-state index in [4.69, 9.17) is 4.42 Å². The molecule has 2 aromatic heterocycles. The lowest BCUT2D eigenvalue weighted by Gasteiger charge is -2.11. The van der Waals surface area contributed by atoms with Gasteiger partial charge in [0.1, 0.15) is 12.0 Å². The van der Waals surface area contributed by atoms with Crippen LogP contribution in [0.5, 0.6) is 0 Å². The van der Waals surface area contributed by atoms with Crippen molar-refractivity contribution >= 4 is 17.3 Å². The van der Waals surface area contributed by atoms with Crippen molar-refractivity contribution in [2.75, 3.05) is 13.1 Å². The van der Waals surface area contributed by atoms with E-state index in [1.54, 1.807) is 17.6 Å². The minimum absolute atomic E-state index is 0.506. The van der Waals surface area contributed by atoms with E-state index in [1.165, 1.54) is 0 Å². The van der Waals surface area contributed by atoms with Crippen LogP contribution < -0.4 is 10.6 Å². The Balaban J connectivity index is 1.92. The molecule has 0 saturated heterocycles. The fourth-order valence-corrected chi connectivity index (χ4v) is 2.53. The molecule has 0 bridgehead atoms. The van der Waals surface area contributed by atoms with E-state index < -0.39 is 0 Å². The van der Waals surface area contributed by atoms with Gasteiger partial charge in [-0.1, -0.05) is 19.9 Å². The van der Waals surface area contributed by atoms with Gasteiger partial charge in [-0.05, 0) is 30.7 Å². The number of thiophene rings is 1. The van der Waals surface area contributed by atoms with E-state index in [-0.39, 0.29) is 0 Å². The average molecular weight is 320 g/mol. The van der Waals surface area contributed by atoms with Crippen LogP contribution in [0.3, 0.4) is 0 Å². The first-order valence-corrected chi connectivity index (χ1v) is 8.57. The van der Waals surface area contributed by atoms with E-state index in [2.05, 4.69) is 41.4 Å². The van der Waals surface area contributed by atoms with E-state index in [1.807, 2.05) is 17.5 Å². The van der Waals surface area contributed by atoms with Crippen molar-refractivity contribution in [3.8, 4) is 10.8 Å². The minimum atomic E-state index is 0.506. The lowest BCUT2D eigenvalue weighted by atomic mass is 10.1. The number of rotatable bonds is 7. The van der Waals surface area contributed by atoms with Crippen molar-refractivity contribution < 1.29 is 4.42 Å². The van der Waals surface area contributed by atoms with Gasteiger partial charge in [-0.15, -0.1) is 11.3 Å². The van der Waals surface area contributed by atoms with Gasteiger partial charge in [-0.2, -0.15) is 0 Å². The van der Waals surface area contributed by atoms with Crippen molar-refractivity contribution in [2.45, 2.75) is 33.7 Å². The maximum absolute atomic E-state index is 5.50. The van der Waals surface area contributed by atoms with Crippen LogP contribution in [-0.4, -0.2) is 24.0 Å². The van der Waals surface area contributed by atoms with Crippen molar-refractivity contribution in [1.29, 1.82) is 0 Å². The molecular weight excluding hydrogens is 296 g/mol. The Labute approximate surface area is 135 Å². The van der Waals surface area contributed by atoms with Crippen LogP contribution in [0.15, 0.2) is 33.2 Å². The lowest BCUT2D eigenvalue weighted by Crippen LogP contribution is -2.38. The summed E-state index contributed by atoms with van der Waals surface area (Å²) in [7, 11) is 0. The quantitative estimate of drug-likeness (QED) is 0.605. The molecule has 120 valence electrons. The number of hydrogen-bond acceptors (Lipinski definition) is 4. The number of aromatic nitrogens is 1. The van der Waals surface area contributed by atoms with Crippen LogP contribution in [0.4, 0.5) is 0 Å². The minimum Gasteiger partial charge on any atom is -0.443 e. The van der Waals surface area contributed by atoms with Gasteiger partial charge < -0.3 is 15.1 Å². The normalized spacial score (nSPS) is 11.9. The molecule has 22 heavy (non-hydrogen) atoms. The monoisotopic (exact) mass is 320 g/mol. The van der Waals surface area contributed by atoms with E-state index in [0.29, 0.717) is 18.4 Å². The van der Waals surface area contributed by atoms with Gasteiger partial charge >= 0.3 is 0 Å². The summed E-state index contributed by atoms with van der Waals surface area (Å²) in [5.74, 6) is 2.17. The average Bonchev–Trinajstić information content (AvgIpc) is 3.15. The molecule has 0 spiro atoms. The van der Waals surface area contributed by atoms with Crippen LogP contribution in [0.2, 0.25) is 0 Å². The number of hydrogen-bond donors (Lipinski definition) is 2. The Hall–Kier alpha value is -1.82. The molecule has 0 radical (unpaired) electrons. The summed E-state index contributed by atoms with van der Waals surface area (Å²) in [4.78, 5) is 10.1. The van der Waals surface area contributed by atoms with Gasteiger partial charge in [-0.25, -0.2) is 9.98 Å². The van der Waals surface area contributed by atoms with Crippen LogP contribution in [0.25, 0.3) is 10.8 Å². The fourth-order valence-electron chi connectivity index (χ4n) is 1.87. The third kappa shape index (κ3) is 5.18. The summed E-state index contributed by atoms with van der Waals surface area (Å²) < 4.78 is 5.50. The Morgan fingerprint density at radius 3 is 2.95 bits per heavy atom. The number of oxazole rings is 1. The number of guanidine groups is 1. The molecule has 2 aromatic rings. The summed E-state index contributed by atoms with van der Waals surface area (Å²) >= 11 is 1.62. The first kappa shape index (κ1) is 16.5. The van der Waals surface area contributed by atoms with Gasteiger partial charge in [-0.3, -0.25) is 0 Å². The highest BCUT2D eigenvalue weighted by Crippen LogP contribution is 2.23. The maximum atomic E-state index is 5.50. The Bertz CT molecular complexity index is 575. The topological polar surface area (TPSA) is 62.5 Å². The highest BCUT2D eigenvalue weighted by Gasteiger charge is 2.07. The zero-order valence-corrected chi connectivity index (χ0v) is 14.2. The molecule has 0 amide bonds. The standard InChI is InChI=1S/C16H24N4OS/c1-4-17-16(18-8-7-12(2)3)19-10-13-11-21-15(20-13)14-6-5-9-22-14/h5-6,9,11-12H,4,7-8,10H2,1-3H3,(H2,17,18,19). The summed E-state index contributed by atoms with van der Waals surface area (Å²) in [5.41, 5.74) is 0.837. The third-order valence-corrected chi connectivity index (χ3v) is 3.90. The Kier molecular flexibility index (Phi) is 6.45. The highest BCUT2D eigenvalue weighted by atomic mass is 32.1. The fraction of sp³-hybridized carbons (Fsp3) is 0.500. The van der Waals surface area contributed by atoms with Crippen molar-refractivity contribution in [3.63, 3.8) is 0 Å². The Morgan fingerprint density at radius 2 is 2.27 bits per heavy atom. The smallest absolute Gasteiger partial charge is 0.236 e. The molecule has 2 N–H and O–H groups in total. The van der Waals surface area contributed by atoms with Gasteiger partial charge in [0.25, 0.3) is 0 Å². The molecule has 0 aromatic carbocycles. The predicted molar refractivity (Wildman–Crippen MR) is 92.1 cm³/mol. The van der Waals surface area contributed by atoms with Crippen LogP contribution in [0.1, 0.15) is 32.9 Å². The van der Waals surface area contributed by atoms with Crippen LogP contribution >= 0.6 is 11.3 Å². The molecule has 0 aliphatic heterocycles. The maximum Gasteiger partial charge on any atom is 0.236 e. The molecule has 0 aliphatic carbocycles.